The van der Waals surface area contributed by atoms with Crippen LogP contribution >= 0.6 is 11.3 Å². The van der Waals surface area contributed by atoms with E-state index < -0.39 is 17.9 Å². The minimum atomic E-state index is -0.763. The maximum atomic E-state index is 12.2. The smallest absolute Gasteiger partial charge is 0.432 e. The zero-order valence-electron chi connectivity index (χ0n) is 13.7. The van der Waals surface area contributed by atoms with Crippen LogP contribution in [0, 0.1) is 0 Å². The van der Waals surface area contributed by atoms with Gasteiger partial charge in [0.25, 0.3) is 5.56 Å². The predicted molar refractivity (Wildman–Crippen MR) is 89.6 cm³/mol. The molecule has 0 amide bonds. The number of aromatic amines is 1. The number of H-pyrrole nitrogens is 1. The SMILES string of the molecule is CC(C)OC(=O)OC[C@@H]1CC[C@H](n2c(=O)sc3c(=O)[nH]c(N)nc32)O1. The number of thiazole rings is 1. The van der Waals surface area contributed by atoms with Crippen molar-refractivity contribution in [3.05, 3.63) is 20.0 Å². The van der Waals surface area contributed by atoms with Gasteiger partial charge in [0.05, 0.1) is 12.2 Å². The van der Waals surface area contributed by atoms with Crippen LogP contribution in [0.3, 0.4) is 0 Å². The molecule has 2 atom stereocenters. The summed E-state index contributed by atoms with van der Waals surface area (Å²) in [5.41, 5.74) is 5.30. The van der Waals surface area contributed by atoms with Crippen molar-refractivity contribution in [2.24, 2.45) is 0 Å². The Morgan fingerprint density at radius 2 is 2.24 bits per heavy atom. The number of nitrogens with two attached hydrogens (primary N) is 1. The van der Waals surface area contributed by atoms with Crippen LogP contribution in [0.25, 0.3) is 10.3 Å². The molecule has 136 valence electrons. The van der Waals surface area contributed by atoms with Crippen LogP contribution in [0.5, 0.6) is 0 Å². The summed E-state index contributed by atoms with van der Waals surface area (Å²) in [4.78, 5) is 41.6. The Labute approximate surface area is 145 Å². The second-order valence-corrected chi connectivity index (χ2v) is 6.82. The van der Waals surface area contributed by atoms with Gasteiger partial charge in [-0.3, -0.25) is 19.1 Å². The standard InChI is InChI=1S/C14H18N4O6S/c1-6(2)23-14(21)22-5-7-3-4-8(24-7)18-10-9(25-13(18)20)11(19)17-12(15)16-10/h6-8H,3-5H2,1-2H3,(H3,15,16,17,19)/t7-,8+/m0/s1. The van der Waals surface area contributed by atoms with Crippen LogP contribution in [0.4, 0.5) is 10.7 Å². The van der Waals surface area contributed by atoms with E-state index in [0.717, 1.165) is 11.3 Å². The molecular weight excluding hydrogens is 352 g/mol. The molecule has 2 aromatic rings. The molecular formula is C14H18N4O6S. The van der Waals surface area contributed by atoms with Gasteiger partial charge in [0.2, 0.25) is 5.95 Å². The fourth-order valence-electron chi connectivity index (χ4n) is 2.59. The maximum absolute atomic E-state index is 12.2. The second kappa shape index (κ2) is 6.84. The first kappa shape index (κ1) is 17.4. The third kappa shape index (κ3) is 3.66. The predicted octanol–water partition coefficient (Wildman–Crippen LogP) is 0.968. The summed E-state index contributed by atoms with van der Waals surface area (Å²) >= 11 is 0.787. The Morgan fingerprint density at radius 3 is 2.96 bits per heavy atom. The molecule has 0 aromatic carbocycles. The Morgan fingerprint density at radius 1 is 1.48 bits per heavy atom. The number of carbonyl (C=O) groups excluding carboxylic acids is 1. The van der Waals surface area contributed by atoms with E-state index in [1.165, 1.54) is 4.57 Å². The lowest BCUT2D eigenvalue weighted by atomic mass is 10.2. The Balaban J connectivity index is 1.73. The highest BCUT2D eigenvalue weighted by molar-refractivity contribution is 7.16. The molecule has 10 nitrogen and oxygen atoms in total. The largest absolute Gasteiger partial charge is 0.508 e. The van der Waals surface area contributed by atoms with E-state index in [4.69, 9.17) is 19.9 Å². The number of aromatic nitrogens is 3. The van der Waals surface area contributed by atoms with Crippen LogP contribution in [0.1, 0.15) is 32.9 Å². The number of nitrogens with one attached hydrogen (secondary N) is 1. The number of carbonyl (C=O) groups is 1. The van der Waals surface area contributed by atoms with Gasteiger partial charge in [0.1, 0.15) is 17.5 Å². The van der Waals surface area contributed by atoms with Crippen molar-refractivity contribution in [3.8, 4) is 0 Å². The average Bonchev–Trinajstić information content (AvgIpc) is 3.08. The van der Waals surface area contributed by atoms with E-state index in [9.17, 15) is 14.4 Å². The summed E-state index contributed by atoms with van der Waals surface area (Å²) in [6.45, 7) is 3.46. The van der Waals surface area contributed by atoms with Crippen molar-refractivity contribution in [3.63, 3.8) is 0 Å². The monoisotopic (exact) mass is 370 g/mol. The highest BCUT2D eigenvalue weighted by atomic mass is 32.1. The number of anilines is 1. The molecule has 1 aliphatic rings. The maximum Gasteiger partial charge on any atom is 0.508 e. The van der Waals surface area contributed by atoms with Gasteiger partial charge in [-0.15, -0.1) is 0 Å². The first-order valence-corrected chi connectivity index (χ1v) is 8.56. The number of ether oxygens (including phenoxy) is 3. The normalized spacial score (nSPS) is 20.3. The Hall–Kier alpha value is -2.40. The lowest BCUT2D eigenvalue weighted by Gasteiger charge is -2.15. The molecule has 0 unspecified atom stereocenters. The van der Waals surface area contributed by atoms with E-state index in [0.29, 0.717) is 12.8 Å². The summed E-state index contributed by atoms with van der Waals surface area (Å²) < 4.78 is 17.2. The van der Waals surface area contributed by atoms with Gasteiger partial charge in [0.15, 0.2) is 5.65 Å². The number of nitrogens with zero attached hydrogens (tertiary/aromatic N) is 2. The van der Waals surface area contributed by atoms with Crippen molar-refractivity contribution in [1.29, 1.82) is 0 Å². The van der Waals surface area contributed by atoms with Crippen molar-refractivity contribution >= 4 is 33.8 Å². The van der Waals surface area contributed by atoms with Gasteiger partial charge in [-0.05, 0) is 26.7 Å². The molecule has 3 N–H and O–H groups in total. The number of hydrogen-bond donors (Lipinski definition) is 2. The van der Waals surface area contributed by atoms with Crippen molar-refractivity contribution in [2.45, 2.75) is 45.1 Å². The Bertz CT molecular complexity index is 901. The van der Waals surface area contributed by atoms with E-state index >= 15 is 0 Å². The van der Waals surface area contributed by atoms with Crippen LogP contribution < -0.4 is 16.2 Å². The van der Waals surface area contributed by atoms with Crippen LogP contribution in [-0.2, 0) is 14.2 Å². The van der Waals surface area contributed by atoms with Crippen molar-refractivity contribution in [1.82, 2.24) is 14.5 Å². The summed E-state index contributed by atoms with van der Waals surface area (Å²) in [6.07, 6.45) is -0.887. The van der Waals surface area contributed by atoms with E-state index in [1.807, 2.05) is 0 Å². The van der Waals surface area contributed by atoms with Crippen LogP contribution in [0.2, 0.25) is 0 Å². The molecule has 2 aromatic heterocycles. The fraction of sp³-hybridized carbons (Fsp3) is 0.571. The highest BCUT2D eigenvalue weighted by Crippen LogP contribution is 2.30. The minimum Gasteiger partial charge on any atom is -0.432 e. The second-order valence-electron chi connectivity index (χ2n) is 5.86. The number of hydrogen-bond acceptors (Lipinski definition) is 9. The fourth-order valence-corrected chi connectivity index (χ4v) is 3.44. The lowest BCUT2D eigenvalue weighted by molar-refractivity contribution is -0.0415. The van der Waals surface area contributed by atoms with Gasteiger partial charge in [-0.2, -0.15) is 4.98 Å². The Kier molecular flexibility index (Phi) is 4.77. The quantitative estimate of drug-likeness (QED) is 0.759. The summed E-state index contributed by atoms with van der Waals surface area (Å²) in [5, 5.41) is 0. The van der Waals surface area contributed by atoms with Gasteiger partial charge in [-0.1, -0.05) is 11.3 Å². The molecule has 1 saturated heterocycles. The molecule has 0 spiro atoms. The molecule has 1 aliphatic heterocycles. The van der Waals surface area contributed by atoms with E-state index in [2.05, 4.69) is 9.97 Å². The minimum absolute atomic E-state index is 0.0228. The number of fused-ring (bicyclic) bond motifs is 1. The number of rotatable bonds is 4. The van der Waals surface area contributed by atoms with Crippen molar-refractivity contribution in [2.75, 3.05) is 12.3 Å². The van der Waals surface area contributed by atoms with E-state index in [-0.39, 0.29) is 40.0 Å². The van der Waals surface area contributed by atoms with Crippen molar-refractivity contribution < 1.29 is 19.0 Å². The highest BCUT2D eigenvalue weighted by Gasteiger charge is 2.31. The number of nitrogen functional groups attached to an aromatic ring is 1. The first-order chi connectivity index (χ1) is 11.8. The van der Waals surface area contributed by atoms with Crippen LogP contribution in [-0.4, -0.2) is 39.5 Å². The zero-order valence-corrected chi connectivity index (χ0v) is 14.5. The van der Waals surface area contributed by atoms with E-state index in [1.54, 1.807) is 13.8 Å². The molecule has 25 heavy (non-hydrogen) atoms. The first-order valence-electron chi connectivity index (χ1n) is 7.75. The average molecular weight is 370 g/mol. The van der Waals surface area contributed by atoms with Gasteiger partial charge >= 0.3 is 11.0 Å². The van der Waals surface area contributed by atoms with Crippen LogP contribution in [0.15, 0.2) is 9.59 Å². The molecule has 3 heterocycles. The van der Waals surface area contributed by atoms with Gasteiger partial charge in [0, 0.05) is 0 Å². The molecule has 3 rings (SSSR count). The zero-order chi connectivity index (χ0) is 18.1. The van der Waals surface area contributed by atoms with Gasteiger partial charge < -0.3 is 19.9 Å². The molecule has 0 saturated carbocycles. The molecule has 0 aliphatic carbocycles. The topological polar surface area (TPSA) is 139 Å². The summed E-state index contributed by atoms with van der Waals surface area (Å²) in [6, 6.07) is 0. The third-order valence-electron chi connectivity index (χ3n) is 3.58. The molecule has 1 fully saturated rings. The summed E-state index contributed by atoms with van der Waals surface area (Å²) in [7, 11) is 0. The lowest BCUT2D eigenvalue weighted by Crippen LogP contribution is -2.24. The van der Waals surface area contributed by atoms with Gasteiger partial charge in [-0.25, -0.2) is 4.79 Å². The molecule has 0 bridgehead atoms. The molecule has 11 heteroatoms. The third-order valence-corrected chi connectivity index (χ3v) is 4.53. The summed E-state index contributed by atoms with van der Waals surface area (Å²) in [5.74, 6) is -0.0710. The molecule has 0 radical (unpaired) electrons.